The van der Waals surface area contributed by atoms with Crippen LogP contribution in [0.15, 0.2) is 0 Å². The summed E-state index contributed by atoms with van der Waals surface area (Å²) in [5, 5.41) is 2.66. The van der Waals surface area contributed by atoms with Crippen LogP contribution in [0.4, 0.5) is 0 Å². The van der Waals surface area contributed by atoms with Crippen LogP contribution in [-0.4, -0.2) is 42.4 Å². The summed E-state index contributed by atoms with van der Waals surface area (Å²) in [6, 6.07) is -0.115. The van der Waals surface area contributed by atoms with E-state index in [1.807, 2.05) is 0 Å². The topological polar surface area (TPSA) is 75.4 Å². The lowest BCUT2D eigenvalue weighted by Gasteiger charge is -2.35. The number of hydrogen-bond donors (Lipinski definition) is 2. The van der Waals surface area contributed by atoms with E-state index in [1.54, 1.807) is 11.9 Å². The Kier molecular flexibility index (Phi) is 4.80. The molecule has 3 atom stereocenters. The number of nitrogens with one attached hydrogen (secondary N) is 1. The summed E-state index contributed by atoms with van der Waals surface area (Å²) in [6.07, 6.45) is 6.50. The first-order valence-corrected chi connectivity index (χ1v) is 7.40. The quantitative estimate of drug-likeness (QED) is 0.787. The lowest BCUT2D eigenvalue weighted by molar-refractivity contribution is -0.142. The van der Waals surface area contributed by atoms with Gasteiger partial charge in [0.05, 0.1) is 0 Å². The van der Waals surface area contributed by atoms with E-state index >= 15 is 0 Å². The Morgan fingerprint density at radius 1 is 1.21 bits per heavy atom. The summed E-state index contributed by atoms with van der Waals surface area (Å²) in [5.41, 5.74) is 6.03. The van der Waals surface area contributed by atoms with Crippen molar-refractivity contribution in [3.63, 3.8) is 0 Å². The van der Waals surface area contributed by atoms with Gasteiger partial charge in [-0.1, -0.05) is 6.42 Å². The third kappa shape index (κ3) is 3.26. The molecule has 1 aliphatic heterocycles. The van der Waals surface area contributed by atoms with E-state index in [2.05, 4.69) is 5.32 Å². The van der Waals surface area contributed by atoms with Gasteiger partial charge in [-0.3, -0.25) is 9.59 Å². The SMILES string of the molecule is CNC(=O)C1CCCCN1C(=O)C[C@@H]1CCC[C@H]1N. The second kappa shape index (κ2) is 6.37. The Bertz CT molecular complexity index is 346. The lowest BCUT2D eigenvalue weighted by Crippen LogP contribution is -2.51. The van der Waals surface area contributed by atoms with Gasteiger partial charge in [0.2, 0.25) is 11.8 Å². The highest BCUT2D eigenvalue weighted by Gasteiger charge is 2.34. The summed E-state index contributed by atoms with van der Waals surface area (Å²) in [6.45, 7) is 0.707. The van der Waals surface area contributed by atoms with Crippen LogP contribution < -0.4 is 11.1 Å². The average molecular weight is 267 g/mol. The maximum atomic E-state index is 12.4. The highest BCUT2D eigenvalue weighted by Crippen LogP contribution is 2.28. The molecule has 5 heteroatoms. The standard InChI is InChI=1S/C14H25N3O2/c1-16-14(19)12-7-2-3-8-17(12)13(18)9-10-5-4-6-11(10)15/h10-12H,2-9,15H2,1H3,(H,16,19)/t10-,11+,12?/m0/s1. The zero-order chi connectivity index (χ0) is 13.8. The number of nitrogens with two attached hydrogens (primary N) is 1. The van der Waals surface area contributed by atoms with Crippen molar-refractivity contribution in [2.75, 3.05) is 13.6 Å². The molecule has 1 heterocycles. The van der Waals surface area contributed by atoms with Crippen molar-refractivity contribution < 1.29 is 9.59 Å². The minimum atomic E-state index is -0.274. The second-order valence-electron chi connectivity index (χ2n) is 5.77. The average Bonchev–Trinajstić information content (AvgIpc) is 2.83. The fourth-order valence-electron chi connectivity index (χ4n) is 3.33. The van der Waals surface area contributed by atoms with Crippen molar-refractivity contribution in [3.8, 4) is 0 Å². The summed E-state index contributed by atoms with van der Waals surface area (Å²) in [7, 11) is 1.63. The van der Waals surface area contributed by atoms with Gasteiger partial charge in [-0.05, 0) is 38.0 Å². The van der Waals surface area contributed by atoms with Gasteiger partial charge in [0.1, 0.15) is 6.04 Å². The summed E-state index contributed by atoms with van der Waals surface area (Å²) in [4.78, 5) is 26.0. The molecule has 1 unspecified atom stereocenters. The van der Waals surface area contributed by atoms with Gasteiger partial charge >= 0.3 is 0 Å². The summed E-state index contributed by atoms with van der Waals surface area (Å²) >= 11 is 0. The van der Waals surface area contributed by atoms with Crippen LogP contribution in [0, 0.1) is 5.92 Å². The normalized spacial score (nSPS) is 31.3. The van der Waals surface area contributed by atoms with Crippen LogP contribution in [0.5, 0.6) is 0 Å². The fraction of sp³-hybridized carbons (Fsp3) is 0.857. The highest BCUT2D eigenvalue weighted by atomic mass is 16.2. The zero-order valence-corrected chi connectivity index (χ0v) is 11.7. The fourth-order valence-corrected chi connectivity index (χ4v) is 3.33. The first-order chi connectivity index (χ1) is 9.13. The number of likely N-dealkylation sites (tertiary alicyclic amines) is 1. The predicted octanol–water partition coefficient (Wildman–Crippen LogP) is 0.631. The molecule has 108 valence electrons. The van der Waals surface area contributed by atoms with Gasteiger partial charge in [-0.2, -0.15) is 0 Å². The Labute approximate surface area is 114 Å². The molecule has 19 heavy (non-hydrogen) atoms. The Morgan fingerprint density at radius 3 is 2.63 bits per heavy atom. The Balaban J connectivity index is 1.97. The van der Waals surface area contributed by atoms with Gasteiger partial charge in [0, 0.05) is 26.1 Å². The Hall–Kier alpha value is -1.10. The van der Waals surface area contributed by atoms with E-state index in [4.69, 9.17) is 5.73 Å². The van der Waals surface area contributed by atoms with E-state index < -0.39 is 0 Å². The molecule has 2 fully saturated rings. The molecule has 0 aromatic heterocycles. The largest absolute Gasteiger partial charge is 0.357 e. The maximum absolute atomic E-state index is 12.4. The van der Waals surface area contributed by atoms with Crippen molar-refractivity contribution in [2.45, 2.75) is 57.0 Å². The monoisotopic (exact) mass is 267 g/mol. The molecule has 2 amide bonds. The third-order valence-electron chi connectivity index (χ3n) is 4.53. The van der Waals surface area contributed by atoms with E-state index in [-0.39, 0.29) is 23.9 Å². The molecule has 0 bridgehead atoms. The predicted molar refractivity (Wildman–Crippen MR) is 73.4 cm³/mol. The number of nitrogens with zero attached hydrogens (tertiary/aromatic N) is 1. The van der Waals surface area contributed by atoms with Gasteiger partial charge in [-0.25, -0.2) is 0 Å². The molecule has 1 saturated carbocycles. The summed E-state index contributed by atoms with van der Waals surface area (Å²) < 4.78 is 0. The van der Waals surface area contributed by atoms with Gasteiger partial charge in [0.15, 0.2) is 0 Å². The van der Waals surface area contributed by atoms with Crippen molar-refractivity contribution in [2.24, 2.45) is 11.7 Å². The lowest BCUT2D eigenvalue weighted by atomic mass is 9.96. The van der Waals surface area contributed by atoms with E-state index in [1.165, 1.54) is 0 Å². The highest BCUT2D eigenvalue weighted by molar-refractivity contribution is 5.87. The molecule has 2 aliphatic rings. The van der Waals surface area contributed by atoms with E-state index in [0.717, 1.165) is 38.5 Å². The number of amides is 2. The molecular formula is C14H25N3O2. The zero-order valence-electron chi connectivity index (χ0n) is 11.7. The van der Waals surface area contributed by atoms with Gasteiger partial charge < -0.3 is 16.0 Å². The smallest absolute Gasteiger partial charge is 0.242 e. The molecule has 0 radical (unpaired) electrons. The van der Waals surface area contributed by atoms with Crippen LogP contribution in [-0.2, 0) is 9.59 Å². The molecule has 1 saturated heterocycles. The number of hydrogen-bond acceptors (Lipinski definition) is 3. The van der Waals surface area contributed by atoms with Crippen molar-refractivity contribution in [3.05, 3.63) is 0 Å². The first-order valence-electron chi connectivity index (χ1n) is 7.40. The van der Waals surface area contributed by atoms with Gasteiger partial charge in [0.25, 0.3) is 0 Å². The van der Waals surface area contributed by atoms with Crippen molar-refractivity contribution in [1.29, 1.82) is 0 Å². The molecule has 3 N–H and O–H groups in total. The molecule has 1 aliphatic carbocycles. The number of carbonyl (C=O) groups excluding carboxylic acids is 2. The molecule has 0 spiro atoms. The van der Waals surface area contributed by atoms with Crippen LogP contribution in [0.3, 0.4) is 0 Å². The van der Waals surface area contributed by atoms with E-state index in [9.17, 15) is 9.59 Å². The Morgan fingerprint density at radius 2 is 2.00 bits per heavy atom. The number of rotatable bonds is 3. The molecule has 0 aromatic rings. The number of carbonyl (C=O) groups is 2. The molecule has 0 aromatic carbocycles. The molecule has 5 nitrogen and oxygen atoms in total. The van der Waals surface area contributed by atoms with Gasteiger partial charge in [-0.15, -0.1) is 0 Å². The second-order valence-corrected chi connectivity index (χ2v) is 5.77. The number of likely N-dealkylation sites (N-methyl/N-ethyl adjacent to an activating group) is 1. The molecular weight excluding hydrogens is 242 g/mol. The van der Waals surface area contributed by atoms with Crippen molar-refractivity contribution >= 4 is 11.8 Å². The van der Waals surface area contributed by atoms with Crippen LogP contribution in [0.2, 0.25) is 0 Å². The van der Waals surface area contributed by atoms with Crippen LogP contribution in [0.1, 0.15) is 44.9 Å². The minimum Gasteiger partial charge on any atom is -0.357 e. The third-order valence-corrected chi connectivity index (χ3v) is 4.53. The maximum Gasteiger partial charge on any atom is 0.242 e. The minimum absolute atomic E-state index is 0.0382. The van der Waals surface area contributed by atoms with Crippen LogP contribution >= 0.6 is 0 Å². The molecule has 2 rings (SSSR count). The van der Waals surface area contributed by atoms with Crippen LogP contribution in [0.25, 0.3) is 0 Å². The number of piperidine rings is 1. The van der Waals surface area contributed by atoms with E-state index in [0.29, 0.717) is 18.9 Å². The first kappa shape index (κ1) is 14.3. The van der Waals surface area contributed by atoms with Crippen molar-refractivity contribution in [1.82, 2.24) is 10.2 Å². The summed E-state index contributed by atoms with van der Waals surface area (Å²) in [5.74, 6) is 0.374.